The minimum Gasteiger partial charge on any atom is -0.394 e. The molecule has 31 heavy (non-hydrogen) atoms. The summed E-state index contributed by atoms with van der Waals surface area (Å²) in [5.74, 6) is 2.60. The number of aryl methyl sites for hydroxylation is 1. The van der Waals surface area contributed by atoms with Gasteiger partial charge in [0.2, 0.25) is 5.95 Å². The van der Waals surface area contributed by atoms with Crippen LogP contribution in [0.5, 0.6) is 0 Å². The molecule has 10 heteroatoms. The number of halogens is 1. The Morgan fingerprint density at radius 1 is 1.19 bits per heavy atom. The van der Waals surface area contributed by atoms with Crippen LogP contribution in [0.2, 0.25) is 5.02 Å². The molecule has 0 spiro atoms. The van der Waals surface area contributed by atoms with E-state index in [2.05, 4.69) is 26.3 Å². The summed E-state index contributed by atoms with van der Waals surface area (Å²) >= 11 is 5.90. The Balaban J connectivity index is 1.44. The third-order valence-electron chi connectivity index (χ3n) is 6.29. The van der Waals surface area contributed by atoms with Gasteiger partial charge in [0.25, 0.3) is 0 Å². The maximum Gasteiger partial charge on any atom is 0.227 e. The molecular weight excluding hydrogens is 436 g/mol. The molecule has 8 nitrogen and oxygen atoms in total. The van der Waals surface area contributed by atoms with Gasteiger partial charge in [0.1, 0.15) is 10.7 Å². The molecule has 0 radical (unpaired) electrons. The standard InChI is InChI=1S/C21H25ClN6O2S/c22-15-11-23-18(24-12-15)14-4-8-28(9-5-14)20-25-16-3-1-10-31(30)17(16)19(26-20)27-21(13-29)6-2-7-21/h4,11-12,29H,1-3,5-10,13H2,(H,25,26,27)/t31-/m0/s1. The predicted octanol–water partition coefficient (Wildman–Crippen LogP) is 2.59. The summed E-state index contributed by atoms with van der Waals surface area (Å²) in [4.78, 5) is 21.1. The molecule has 1 saturated carbocycles. The molecule has 2 aliphatic heterocycles. The normalized spacial score (nSPS) is 22.3. The van der Waals surface area contributed by atoms with Crippen molar-refractivity contribution in [1.29, 1.82) is 0 Å². The number of hydrogen-bond donors (Lipinski definition) is 2. The molecule has 2 aromatic heterocycles. The first-order chi connectivity index (χ1) is 15.1. The van der Waals surface area contributed by atoms with E-state index in [1.165, 1.54) is 0 Å². The zero-order valence-corrected chi connectivity index (χ0v) is 18.8. The van der Waals surface area contributed by atoms with E-state index in [-0.39, 0.29) is 12.1 Å². The Bertz CT molecular complexity index is 1040. The minimum atomic E-state index is -1.11. The van der Waals surface area contributed by atoms with Gasteiger partial charge < -0.3 is 15.3 Å². The Morgan fingerprint density at radius 2 is 2.00 bits per heavy atom. The smallest absolute Gasteiger partial charge is 0.227 e. The molecule has 0 saturated heterocycles. The van der Waals surface area contributed by atoms with Crippen molar-refractivity contribution in [1.82, 2.24) is 19.9 Å². The van der Waals surface area contributed by atoms with Crippen molar-refractivity contribution in [2.75, 3.05) is 35.7 Å². The van der Waals surface area contributed by atoms with Crippen LogP contribution in [-0.4, -0.2) is 60.2 Å². The molecular formula is C21H25ClN6O2S. The molecule has 2 aromatic rings. The number of aliphatic hydroxyl groups excluding tert-OH is 1. The summed E-state index contributed by atoms with van der Waals surface area (Å²) in [5, 5.41) is 13.9. The molecule has 1 atom stereocenters. The summed E-state index contributed by atoms with van der Waals surface area (Å²) < 4.78 is 12.8. The van der Waals surface area contributed by atoms with Gasteiger partial charge in [0.15, 0.2) is 5.82 Å². The molecule has 164 valence electrons. The van der Waals surface area contributed by atoms with E-state index in [0.29, 0.717) is 34.9 Å². The van der Waals surface area contributed by atoms with Crippen molar-refractivity contribution >= 4 is 39.7 Å². The largest absolute Gasteiger partial charge is 0.394 e. The lowest BCUT2D eigenvalue weighted by Gasteiger charge is -2.42. The van der Waals surface area contributed by atoms with Crippen LogP contribution in [0.15, 0.2) is 23.4 Å². The molecule has 5 rings (SSSR count). The first-order valence-corrected chi connectivity index (χ1v) is 12.4. The lowest BCUT2D eigenvalue weighted by atomic mass is 9.77. The van der Waals surface area contributed by atoms with Crippen molar-refractivity contribution < 1.29 is 9.32 Å². The first kappa shape index (κ1) is 20.8. The fourth-order valence-electron chi connectivity index (χ4n) is 4.30. The third-order valence-corrected chi connectivity index (χ3v) is 8.03. The molecule has 2 N–H and O–H groups in total. The topological polar surface area (TPSA) is 104 Å². The van der Waals surface area contributed by atoms with Gasteiger partial charge in [-0.3, -0.25) is 4.21 Å². The fourth-order valence-corrected chi connectivity index (χ4v) is 5.73. The Kier molecular flexibility index (Phi) is 5.66. The van der Waals surface area contributed by atoms with E-state index in [1.54, 1.807) is 12.4 Å². The molecule has 0 aromatic carbocycles. The Morgan fingerprint density at radius 3 is 2.65 bits per heavy atom. The highest BCUT2D eigenvalue weighted by molar-refractivity contribution is 7.85. The molecule has 1 aliphatic carbocycles. The number of fused-ring (bicyclic) bond motifs is 1. The number of hydrogen-bond acceptors (Lipinski definition) is 8. The Labute approximate surface area is 188 Å². The van der Waals surface area contributed by atoms with Crippen LogP contribution in [0.4, 0.5) is 11.8 Å². The van der Waals surface area contributed by atoms with Crippen LogP contribution in [0.1, 0.15) is 43.6 Å². The van der Waals surface area contributed by atoms with Gasteiger partial charge in [-0.1, -0.05) is 17.7 Å². The van der Waals surface area contributed by atoms with Crippen molar-refractivity contribution in [3.8, 4) is 0 Å². The third kappa shape index (κ3) is 4.06. The molecule has 0 bridgehead atoms. The van der Waals surface area contributed by atoms with Gasteiger partial charge in [0, 0.05) is 31.2 Å². The lowest BCUT2D eigenvalue weighted by molar-refractivity contribution is 0.143. The van der Waals surface area contributed by atoms with Crippen molar-refractivity contribution in [3.05, 3.63) is 35.0 Å². The molecule has 3 aliphatic rings. The maximum absolute atomic E-state index is 12.8. The van der Waals surface area contributed by atoms with Gasteiger partial charge in [0.05, 0.1) is 33.7 Å². The van der Waals surface area contributed by atoms with E-state index in [1.807, 2.05) is 0 Å². The van der Waals surface area contributed by atoms with Crippen molar-refractivity contribution in [3.63, 3.8) is 0 Å². The summed E-state index contributed by atoms with van der Waals surface area (Å²) in [7, 11) is -1.11. The van der Waals surface area contributed by atoms with E-state index < -0.39 is 10.8 Å². The van der Waals surface area contributed by atoms with Crippen LogP contribution >= 0.6 is 11.6 Å². The second kappa shape index (κ2) is 8.44. The highest BCUT2D eigenvalue weighted by atomic mass is 35.5. The SMILES string of the molecule is O=[S@]1CCCc2nc(N3CC=C(c4ncc(Cl)cn4)CC3)nc(NC3(CO)CCC3)c21. The maximum atomic E-state index is 12.8. The highest BCUT2D eigenvalue weighted by Crippen LogP contribution is 2.38. The number of aromatic nitrogens is 4. The van der Waals surface area contributed by atoms with Crippen LogP contribution in [0, 0.1) is 0 Å². The zero-order valence-electron chi connectivity index (χ0n) is 17.2. The number of aliphatic hydroxyl groups is 1. The first-order valence-electron chi connectivity index (χ1n) is 10.7. The number of nitrogens with zero attached hydrogens (tertiary/aromatic N) is 5. The van der Waals surface area contributed by atoms with E-state index >= 15 is 0 Å². The minimum absolute atomic E-state index is 0.0463. The number of rotatable bonds is 5. The average Bonchev–Trinajstić information content (AvgIpc) is 2.77. The highest BCUT2D eigenvalue weighted by Gasteiger charge is 2.38. The number of nitrogens with one attached hydrogen (secondary N) is 1. The average molecular weight is 461 g/mol. The van der Waals surface area contributed by atoms with Crippen LogP contribution in [0.3, 0.4) is 0 Å². The van der Waals surface area contributed by atoms with E-state index in [0.717, 1.165) is 61.2 Å². The van der Waals surface area contributed by atoms with E-state index in [9.17, 15) is 9.32 Å². The van der Waals surface area contributed by atoms with Gasteiger partial charge >= 0.3 is 0 Å². The summed E-state index contributed by atoms with van der Waals surface area (Å²) in [6.07, 6.45) is 10.6. The summed E-state index contributed by atoms with van der Waals surface area (Å²) in [6, 6.07) is 0. The predicted molar refractivity (Wildman–Crippen MR) is 121 cm³/mol. The van der Waals surface area contributed by atoms with Crippen LogP contribution < -0.4 is 10.2 Å². The zero-order chi connectivity index (χ0) is 21.4. The van der Waals surface area contributed by atoms with Crippen molar-refractivity contribution in [2.45, 2.75) is 49.0 Å². The molecule has 4 heterocycles. The quantitative estimate of drug-likeness (QED) is 0.701. The second-order valence-corrected chi connectivity index (χ2v) is 10.3. The lowest BCUT2D eigenvalue weighted by Crippen LogP contribution is -2.49. The van der Waals surface area contributed by atoms with Crippen molar-refractivity contribution in [2.24, 2.45) is 0 Å². The Hall–Kier alpha value is -2.10. The van der Waals surface area contributed by atoms with Crippen LogP contribution in [-0.2, 0) is 17.2 Å². The van der Waals surface area contributed by atoms with Gasteiger partial charge in [-0.15, -0.1) is 0 Å². The molecule has 1 fully saturated rings. The molecule has 0 amide bonds. The van der Waals surface area contributed by atoms with Gasteiger partial charge in [-0.25, -0.2) is 15.0 Å². The van der Waals surface area contributed by atoms with Gasteiger partial charge in [-0.05, 0) is 44.1 Å². The fraction of sp³-hybridized carbons (Fsp3) is 0.524. The second-order valence-electron chi connectivity index (χ2n) is 8.37. The summed E-state index contributed by atoms with van der Waals surface area (Å²) in [6.45, 7) is 1.43. The van der Waals surface area contributed by atoms with Crippen LogP contribution in [0.25, 0.3) is 5.57 Å². The van der Waals surface area contributed by atoms with E-state index in [4.69, 9.17) is 21.6 Å². The monoisotopic (exact) mass is 460 g/mol. The molecule has 0 unspecified atom stereocenters. The number of anilines is 2. The van der Waals surface area contributed by atoms with Gasteiger partial charge in [-0.2, -0.15) is 4.98 Å². The summed E-state index contributed by atoms with van der Waals surface area (Å²) in [5.41, 5.74) is 1.58.